The molecule has 0 atom stereocenters. The van der Waals surface area contributed by atoms with Crippen molar-refractivity contribution in [2.75, 3.05) is 19.7 Å². The third-order valence-electron chi connectivity index (χ3n) is 7.74. The Morgan fingerprint density at radius 1 is 1.27 bits per heavy atom. The van der Waals surface area contributed by atoms with Crippen LogP contribution < -0.4 is 10.1 Å². The SMILES string of the molecule is CC(F)(F)COc1nc2c(s1)CCN(CC1=CC13CCC(NC(=O)c1cccc4ncccc14)CC3)C2. The van der Waals surface area contributed by atoms with Crippen molar-refractivity contribution in [1.82, 2.24) is 20.2 Å². The van der Waals surface area contributed by atoms with Gasteiger partial charge in [-0.3, -0.25) is 14.7 Å². The van der Waals surface area contributed by atoms with Crippen LogP contribution in [0, 0.1) is 5.41 Å². The summed E-state index contributed by atoms with van der Waals surface area (Å²) < 4.78 is 31.4. The fraction of sp³-hybridized carbons (Fsp3) is 0.464. The molecular formula is C28H30F2N4O2S. The van der Waals surface area contributed by atoms with Crippen LogP contribution in [-0.2, 0) is 13.0 Å². The van der Waals surface area contributed by atoms with Crippen LogP contribution in [0.4, 0.5) is 8.78 Å². The molecule has 2 aromatic heterocycles. The van der Waals surface area contributed by atoms with Gasteiger partial charge in [-0.25, -0.2) is 13.8 Å². The zero-order chi connectivity index (χ0) is 25.6. The number of alkyl halides is 2. The highest BCUT2D eigenvalue weighted by Gasteiger charge is 2.46. The molecule has 37 heavy (non-hydrogen) atoms. The molecule has 1 spiro atoms. The van der Waals surface area contributed by atoms with E-state index >= 15 is 0 Å². The number of hydrogen-bond acceptors (Lipinski definition) is 6. The van der Waals surface area contributed by atoms with Crippen LogP contribution in [0.2, 0.25) is 0 Å². The van der Waals surface area contributed by atoms with Crippen LogP contribution in [0.25, 0.3) is 10.9 Å². The van der Waals surface area contributed by atoms with Gasteiger partial charge in [0, 0.05) is 60.0 Å². The normalized spacial score (nSPS) is 23.5. The Bertz CT molecular complexity index is 1350. The zero-order valence-corrected chi connectivity index (χ0v) is 21.6. The Morgan fingerprint density at radius 2 is 2.11 bits per heavy atom. The molecule has 0 bridgehead atoms. The zero-order valence-electron chi connectivity index (χ0n) is 20.8. The summed E-state index contributed by atoms with van der Waals surface area (Å²) in [5.74, 6) is -2.89. The van der Waals surface area contributed by atoms with Crippen LogP contribution in [0.1, 0.15) is 53.5 Å². The number of aromatic nitrogens is 2. The molecule has 1 N–H and O–H groups in total. The first kappa shape index (κ1) is 24.4. The van der Waals surface area contributed by atoms with E-state index in [4.69, 9.17) is 4.74 Å². The molecule has 0 unspecified atom stereocenters. The van der Waals surface area contributed by atoms with Gasteiger partial charge in [0.25, 0.3) is 17.0 Å². The van der Waals surface area contributed by atoms with Gasteiger partial charge in [-0.15, -0.1) is 0 Å². The van der Waals surface area contributed by atoms with E-state index in [0.717, 1.165) is 80.1 Å². The number of amides is 1. The fourth-order valence-electron chi connectivity index (χ4n) is 5.66. The number of carbonyl (C=O) groups is 1. The van der Waals surface area contributed by atoms with E-state index in [-0.39, 0.29) is 17.4 Å². The molecule has 2 aliphatic carbocycles. The highest BCUT2D eigenvalue weighted by molar-refractivity contribution is 7.13. The van der Waals surface area contributed by atoms with E-state index in [1.54, 1.807) is 6.20 Å². The molecule has 3 heterocycles. The number of pyridine rings is 1. The highest BCUT2D eigenvalue weighted by Crippen LogP contribution is 2.55. The lowest BCUT2D eigenvalue weighted by molar-refractivity contribution is -0.0230. The van der Waals surface area contributed by atoms with Gasteiger partial charge in [0.05, 0.1) is 11.2 Å². The van der Waals surface area contributed by atoms with E-state index in [1.165, 1.54) is 16.9 Å². The fourth-order valence-corrected chi connectivity index (χ4v) is 6.57. The van der Waals surface area contributed by atoms with E-state index in [2.05, 4.69) is 26.3 Å². The number of ether oxygens (including phenoxy) is 1. The van der Waals surface area contributed by atoms with Crippen molar-refractivity contribution in [3.63, 3.8) is 0 Å². The number of nitrogens with zero attached hydrogens (tertiary/aromatic N) is 3. The van der Waals surface area contributed by atoms with Crippen LogP contribution in [-0.4, -0.2) is 52.4 Å². The van der Waals surface area contributed by atoms with Gasteiger partial charge in [0.15, 0.2) is 6.61 Å². The van der Waals surface area contributed by atoms with Gasteiger partial charge in [0.1, 0.15) is 0 Å². The van der Waals surface area contributed by atoms with Crippen molar-refractivity contribution in [3.05, 3.63) is 64.3 Å². The molecule has 194 valence electrons. The van der Waals surface area contributed by atoms with Crippen molar-refractivity contribution in [3.8, 4) is 5.19 Å². The second-order valence-electron chi connectivity index (χ2n) is 10.6. The number of halogens is 2. The predicted molar refractivity (Wildman–Crippen MR) is 139 cm³/mol. The van der Waals surface area contributed by atoms with E-state index in [9.17, 15) is 13.6 Å². The number of carbonyl (C=O) groups excluding carboxylic acids is 1. The minimum Gasteiger partial charge on any atom is -0.464 e. The van der Waals surface area contributed by atoms with Gasteiger partial charge in [-0.05, 0) is 55.9 Å². The second kappa shape index (κ2) is 9.44. The lowest BCUT2D eigenvalue weighted by Gasteiger charge is -2.32. The van der Waals surface area contributed by atoms with Crippen LogP contribution in [0.15, 0.2) is 48.2 Å². The topological polar surface area (TPSA) is 67.3 Å². The number of hydrogen-bond donors (Lipinski definition) is 1. The first-order chi connectivity index (χ1) is 17.8. The second-order valence-corrected chi connectivity index (χ2v) is 11.7. The number of rotatable bonds is 7. The average molecular weight is 525 g/mol. The highest BCUT2D eigenvalue weighted by atomic mass is 32.1. The van der Waals surface area contributed by atoms with Gasteiger partial charge in [0.2, 0.25) is 0 Å². The summed E-state index contributed by atoms with van der Waals surface area (Å²) in [6.07, 6.45) is 9.08. The average Bonchev–Trinajstić information content (AvgIpc) is 3.35. The molecule has 1 amide bonds. The molecule has 1 aromatic carbocycles. The molecule has 6 rings (SSSR count). The van der Waals surface area contributed by atoms with E-state index in [0.29, 0.717) is 10.8 Å². The molecule has 1 saturated carbocycles. The lowest BCUT2D eigenvalue weighted by atomic mass is 9.79. The summed E-state index contributed by atoms with van der Waals surface area (Å²) in [4.78, 5) is 25.4. The monoisotopic (exact) mass is 524 g/mol. The Kier molecular flexibility index (Phi) is 6.23. The summed E-state index contributed by atoms with van der Waals surface area (Å²) in [7, 11) is 0. The molecule has 0 radical (unpaired) electrons. The lowest BCUT2D eigenvalue weighted by Crippen LogP contribution is -2.39. The van der Waals surface area contributed by atoms with Gasteiger partial charge < -0.3 is 10.1 Å². The maximum absolute atomic E-state index is 13.1. The molecule has 6 nitrogen and oxygen atoms in total. The van der Waals surface area contributed by atoms with Crippen molar-refractivity contribution >= 4 is 28.1 Å². The number of benzene rings is 1. The van der Waals surface area contributed by atoms with Crippen molar-refractivity contribution < 1.29 is 18.3 Å². The van der Waals surface area contributed by atoms with Crippen molar-refractivity contribution in [2.45, 2.75) is 57.5 Å². The first-order valence-corrected chi connectivity index (χ1v) is 13.7. The third kappa shape index (κ3) is 5.25. The van der Waals surface area contributed by atoms with E-state index < -0.39 is 12.5 Å². The smallest absolute Gasteiger partial charge is 0.278 e. The molecule has 0 saturated heterocycles. The van der Waals surface area contributed by atoms with Crippen LogP contribution in [0.5, 0.6) is 5.19 Å². The third-order valence-corrected chi connectivity index (χ3v) is 8.81. The summed E-state index contributed by atoms with van der Waals surface area (Å²) in [5, 5.41) is 4.48. The summed E-state index contributed by atoms with van der Waals surface area (Å²) >= 11 is 1.39. The first-order valence-electron chi connectivity index (χ1n) is 12.9. The van der Waals surface area contributed by atoms with Crippen LogP contribution >= 0.6 is 11.3 Å². The number of nitrogens with one attached hydrogen (secondary N) is 1. The molecule has 1 fully saturated rings. The number of fused-ring (bicyclic) bond motifs is 2. The van der Waals surface area contributed by atoms with Gasteiger partial charge in [-0.1, -0.05) is 29.5 Å². The number of allylic oxidation sites excluding steroid dienone is 1. The largest absolute Gasteiger partial charge is 0.464 e. The Balaban J connectivity index is 0.993. The maximum Gasteiger partial charge on any atom is 0.278 e. The predicted octanol–water partition coefficient (Wildman–Crippen LogP) is 5.38. The minimum atomic E-state index is -2.86. The molecule has 1 aliphatic heterocycles. The van der Waals surface area contributed by atoms with Crippen LogP contribution in [0.3, 0.4) is 0 Å². The molecule has 3 aliphatic rings. The Labute approximate surface area is 218 Å². The standard InChI is InChI=1S/C28H30F2N4O2S/c1-27(29,30)17-36-26-33-23-16-34(13-9-24(23)37-26)15-18-14-28(18)10-7-19(8-11-28)32-25(35)21-4-2-6-22-20(21)5-3-12-31-22/h2-6,12,14,19H,7-11,13,15-17H2,1H3,(H,32,35). The van der Waals surface area contributed by atoms with Crippen molar-refractivity contribution in [1.29, 1.82) is 0 Å². The Hall–Kier alpha value is -2.91. The van der Waals surface area contributed by atoms with Gasteiger partial charge in [-0.2, -0.15) is 0 Å². The molecule has 3 aromatic rings. The summed E-state index contributed by atoms with van der Waals surface area (Å²) in [6.45, 7) is 2.79. The Morgan fingerprint density at radius 3 is 2.92 bits per heavy atom. The maximum atomic E-state index is 13.1. The number of thiazole rings is 1. The minimum absolute atomic E-state index is 0.0260. The van der Waals surface area contributed by atoms with Crippen molar-refractivity contribution in [2.24, 2.45) is 5.41 Å². The summed E-state index contributed by atoms with van der Waals surface area (Å²) in [5.41, 5.74) is 4.15. The van der Waals surface area contributed by atoms with E-state index in [1.807, 2.05) is 30.3 Å². The summed E-state index contributed by atoms with van der Waals surface area (Å²) in [6, 6.07) is 9.66. The molecule has 9 heteroatoms. The quantitative estimate of drug-likeness (QED) is 0.420. The van der Waals surface area contributed by atoms with Gasteiger partial charge >= 0.3 is 0 Å². The molecular weight excluding hydrogens is 494 g/mol.